The van der Waals surface area contributed by atoms with Crippen LogP contribution >= 0.6 is 0 Å². The van der Waals surface area contributed by atoms with E-state index in [2.05, 4.69) is 20.6 Å². The van der Waals surface area contributed by atoms with Crippen molar-refractivity contribution < 1.29 is 14.3 Å². The summed E-state index contributed by atoms with van der Waals surface area (Å²) in [7, 11) is 1.32. The first-order chi connectivity index (χ1) is 13.9. The quantitative estimate of drug-likeness (QED) is 0.635. The first-order valence-electron chi connectivity index (χ1n) is 9.06. The van der Waals surface area contributed by atoms with Crippen molar-refractivity contribution in [1.82, 2.24) is 9.97 Å². The third-order valence-corrected chi connectivity index (χ3v) is 4.30. The Morgan fingerprint density at radius 1 is 0.931 bits per heavy atom. The summed E-state index contributed by atoms with van der Waals surface area (Å²) in [6, 6.07) is 14.3. The summed E-state index contributed by atoms with van der Waals surface area (Å²) in [5, 5.41) is 5.95. The normalized spacial score (nSPS) is 10.3. The van der Waals surface area contributed by atoms with Crippen LogP contribution in [0.2, 0.25) is 0 Å². The molecule has 29 heavy (non-hydrogen) atoms. The summed E-state index contributed by atoms with van der Waals surface area (Å²) in [4.78, 5) is 33.3. The van der Waals surface area contributed by atoms with E-state index < -0.39 is 5.97 Å². The van der Waals surface area contributed by atoms with Crippen molar-refractivity contribution >= 4 is 29.1 Å². The molecule has 0 radical (unpaired) electrons. The Hall–Kier alpha value is -3.74. The number of nitrogens with one attached hydrogen (secondary N) is 2. The van der Waals surface area contributed by atoms with Gasteiger partial charge in [-0.05, 0) is 44.5 Å². The average molecular weight is 390 g/mol. The third-order valence-electron chi connectivity index (χ3n) is 4.30. The van der Waals surface area contributed by atoms with Crippen LogP contribution in [0.1, 0.15) is 37.8 Å². The summed E-state index contributed by atoms with van der Waals surface area (Å²) in [6.07, 6.45) is 0. The molecule has 0 fully saturated rings. The van der Waals surface area contributed by atoms with E-state index in [1.54, 1.807) is 37.3 Å². The molecule has 0 spiro atoms. The molecule has 0 saturated heterocycles. The number of esters is 1. The predicted octanol–water partition coefficient (Wildman–Crippen LogP) is 4.18. The number of methoxy groups -OCH3 is 1. The minimum absolute atomic E-state index is 0.218. The summed E-state index contributed by atoms with van der Waals surface area (Å²) < 4.78 is 4.81. The van der Waals surface area contributed by atoms with Gasteiger partial charge in [0.25, 0.3) is 5.91 Å². The van der Waals surface area contributed by atoms with Gasteiger partial charge in [0.1, 0.15) is 17.3 Å². The number of aromatic nitrogens is 2. The first kappa shape index (κ1) is 20.0. The van der Waals surface area contributed by atoms with E-state index in [0.29, 0.717) is 22.9 Å². The summed E-state index contributed by atoms with van der Waals surface area (Å²) in [6.45, 7) is 5.63. The van der Waals surface area contributed by atoms with Crippen LogP contribution < -0.4 is 10.6 Å². The second kappa shape index (κ2) is 8.52. The smallest absolute Gasteiger partial charge is 0.339 e. The van der Waals surface area contributed by atoms with Gasteiger partial charge < -0.3 is 15.4 Å². The van der Waals surface area contributed by atoms with Crippen molar-refractivity contribution in [3.63, 3.8) is 0 Å². The van der Waals surface area contributed by atoms with E-state index in [9.17, 15) is 9.59 Å². The van der Waals surface area contributed by atoms with E-state index in [1.165, 1.54) is 7.11 Å². The molecule has 3 aromatic rings. The molecule has 7 nitrogen and oxygen atoms in total. The van der Waals surface area contributed by atoms with Crippen LogP contribution in [0.5, 0.6) is 0 Å². The Morgan fingerprint density at radius 2 is 1.69 bits per heavy atom. The van der Waals surface area contributed by atoms with Gasteiger partial charge in [-0.2, -0.15) is 0 Å². The lowest BCUT2D eigenvalue weighted by atomic mass is 10.1. The van der Waals surface area contributed by atoms with Gasteiger partial charge in [0.2, 0.25) is 0 Å². The second-order valence-corrected chi connectivity index (χ2v) is 6.62. The Labute approximate surface area is 169 Å². The molecule has 2 N–H and O–H groups in total. The molecule has 2 aromatic carbocycles. The molecule has 1 aromatic heterocycles. The second-order valence-electron chi connectivity index (χ2n) is 6.62. The topological polar surface area (TPSA) is 93.2 Å². The van der Waals surface area contributed by atoms with E-state index in [4.69, 9.17) is 4.74 Å². The van der Waals surface area contributed by atoms with Crippen LogP contribution in [0, 0.1) is 20.8 Å². The van der Waals surface area contributed by atoms with Gasteiger partial charge in [0.15, 0.2) is 0 Å². The number of nitrogens with zero attached hydrogens (tertiary/aromatic N) is 2. The summed E-state index contributed by atoms with van der Waals surface area (Å²) in [5.41, 5.74) is 3.92. The Balaban J connectivity index is 1.87. The van der Waals surface area contributed by atoms with Gasteiger partial charge in [0, 0.05) is 11.8 Å². The molecule has 0 aliphatic heterocycles. The largest absolute Gasteiger partial charge is 0.465 e. The number of amides is 1. The zero-order chi connectivity index (χ0) is 21.0. The number of para-hydroxylation sites is 1. The number of hydrogen-bond acceptors (Lipinski definition) is 6. The van der Waals surface area contributed by atoms with Gasteiger partial charge >= 0.3 is 5.97 Å². The predicted molar refractivity (Wildman–Crippen MR) is 112 cm³/mol. The van der Waals surface area contributed by atoms with Gasteiger partial charge in [-0.1, -0.05) is 29.8 Å². The minimum Gasteiger partial charge on any atom is -0.465 e. The number of hydrogen-bond donors (Lipinski definition) is 2. The van der Waals surface area contributed by atoms with Gasteiger partial charge in [-0.15, -0.1) is 0 Å². The van der Waals surface area contributed by atoms with Gasteiger partial charge in [-0.25, -0.2) is 14.8 Å². The van der Waals surface area contributed by atoms with Gasteiger partial charge in [-0.3, -0.25) is 4.79 Å². The molecule has 0 atom stereocenters. The molecule has 1 heterocycles. The highest BCUT2D eigenvalue weighted by molar-refractivity contribution is 6.04. The van der Waals surface area contributed by atoms with Crippen molar-refractivity contribution in [2.24, 2.45) is 0 Å². The summed E-state index contributed by atoms with van der Waals surface area (Å²) >= 11 is 0. The maximum atomic E-state index is 12.7. The van der Waals surface area contributed by atoms with Crippen molar-refractivity contribution in [3.8, 4) is 0 Å². The number of anilines is 3. The fraction of sp³-hybridized carbons (Fsp3) is 0.182. The average Bonchev–Trinajstić information content (AvgIpc) is 2.69. The first-order valence-corrected chi connectivity index (χ1v) is 9.06. The zero-order valence-electron chi connectivity index (χ0n) is 16.7. The van der Waals surface area contributed by atoms with Crippen LogP contribution in [0.25, 0.3) is 0 Å². The van der Waals surface area contributed by atoms with Crippen LogP contribution in [0.4, 0.5) is 17.2 Å². The van der Waals surface area contributed by atoms with Crippen molar-refractivity contribution in [2.75, 3.05) is 17.7 Å². The molecule has 0 aliphatic carbocycles. The Bertz CT molecular complexity index is 1080. The summed E-state index contributed by atoms with van der Waals surface area (Å²) in [5.74, 6) is 0.0226. The van der Waals surface area contributed by atoms with Crippen molar-refractivity contribution in [3.05, 3.63) is 76.7 Å². The molecule has 0 saturated carbocycles. The lowest BCUT2D eigenvalue weighted by Gasteiger charge is -2.12. The molecule has 7 heteroatoms. The molecule has 0 unspecified atom stereocenters. The zero-order valence-corrected chi connectivity index (χ0v) is 16.7. The highest BCUT2D eigenvalue weighted by Gasteiger charge is 2.15. The molecule has 0 bridgehead atoms. The highest BCUT2D eigenvalue weighted by atomic mass is 16.5. The Morgan fingerprint density at radius 3 is 2.41 bits per heavy atom. The van der Waals surface area contributed by atoms with Crippen LogP contribution in [0.15, 0.2) is 48.5 Å². The van der Waals surface area contributed by atoms with Crippen molar-refractivity contribution in [1.29, 1.82) is 0 Å². The lowest BCUT2D eigenvalue weighted by molar-refractivity contribution is 0.0601. The lowest BCUT2D eigenvalue weighted by Crippen LogP contribution is -2.16. The van der Waals surface area contributed by atoms with E-state index in [0.717, 1.165) is 16.8 Å². The molecule has 148 valence electrons. The minimum atomic E-state index is -0.466. The molecule has 0 aliphatic rings. The van der Waals surface area contributed by atoms with Crippen molar-refractivity contribution in [2.45, 2.75) is 20.8 Å². The highest BCUT2D eigenvalue weighted by Crippen LogP contribution is 2.22. The molecule has 1 amide bonds. The maximum Gasteiger partial charge on any atom is 0.339 e. The SMILES string of the molecule is COC(=O)c1ccccc1Nc1cc(C(=O)Nc2ccc(C)cc2C)nc(C)n1. The standard InChI is InChI=1S/C22H22N4O3/c1-13-9-10-17(14(2)11-13)26-21(27)19-12-20(24-15(3)23-19)25-18-8-6-5-7-16(18)22(28)29-4/h5-12H,1-4H3,(H,26,27)(H,23,24,25). The molecule has 3 rings (SSSR count). The molecular formula is C22H22N4O3. The molecular weight excluding hydrogens is 368 g/mol. The van der Waals surface area contributed by atoms with Gasteiger partial charge in [0.05, 0.1) is 18.4 Å². The van der Waals surface area contributed by atoms with E-state index in [-0.39, 0.29) is 11.6 Å². The van der Waals surface area contributed by atoms with Crippen LogP contribution in [0.3, 0.4) is 0 Å². The Kier molecular flexibility index (Phi) is 5.87. The number of rotatable bonds is 5. The monoisotopic (exact) mass is 390 g/mol. The maximum absolute atomic E-state index is 12.7. The number of carbonyl (C=O) groups is 2. The fourth-order valence-electron chi connectivity index (χ4n) is 2.91. The van der Waals surface area contributed by atoms with Crippen LogP contribution in [-0.4, -0.2) is 29.0 Å². The number of benzene rings is 2. The number of carbonyl (C=O) groups excluding carboxylic acids is 2. The van der Waals surface area contributed by atoms with E-state index in [1.807, 2.05) is 32.0 Å². The van der Waals surface area contributed by atoms with Crippen LogP contribution in [-0.2, 0) is 4.74 Å². The van der Waals surface area contributed by atoms with E-state index >= 15 is 0 Å². The number of ether oxygens (including phenoxy) is 1. The number of aryl methyl sites for hydroxylation is 3. The fourth-order valence-corrected chi connectivity index (χ4v) is 2.91. The third kappa shape index (κ3) is 4.76.